The molecule has 0 bridgehead atoms. The largest absolute Gasteiger partial charge is 0.455 e. The van der Waals surface area contributed by atoms with Gasteiger partial charge in [0.25, 0.3) is 0 Å². The average molecular weight is 418 g/mol. The van der Waals surface area contributed by atoms with Gasteiger partial charge in [-0.2, -0.15) is 0 Å². The molecule has 3 heteroatoms. The highest BCUT2D eigenvalue weighted by atomic mass is 16.3. The SMILES string of the molecule is CC(C)Cc1cccc2nc(-c3ccc(-c4cccc5c4oc4ccccc45)cc3)oc12. The highest BCUT2D eigenvalue weighted by Gasteiger charge is 2.14. The Hall–Kier alpha value is -3.85. The molecule has 32 heavy (non-hydrogen) atoms. The number of furan rings is 1. The fraction of sp³-hybridized carbons (Fsp3) is 0.138. The number of rotatable bonds is 4. The first-order valence-electron chi connectivity index (χ1n) is 11.1. The maximum atomic E-state index is 6.21. The molecule has 0 fully saturated rings. The lowest BCUT2D eigenvalue weighted by Gasteiger charge is -2.04. The zero-order valence-corrected chi connectivity index (χ0v) is 18.1. The molecule has 3 nitrogen and oxygen atoms in total. The fourth-order valence-electron chi connectivity index (χ4n) is 4.50. The van der Waals surface area contributed by atoms with Crippen LogP contribution in [0.4, 0.5) is 0 Å². The van der Waals surface area contributed by atoms with Crippen molar-refractivity contribution in [1.82, 2.24) is 4.98 Å². The lowest BCUT2D eigenvalue weighted by Crippen LogP contribution is -1.93. The molecular weight excluding hydrogens is 394 g/mol. The standard InChI is InChI=1S/C29H23NO2/c1-18(2)17-21-7-5-11-25-27(21)32-29(30-25)20-15-13-19(14-16-20)22-9-6-10-24-23-8-3-4-12-26(23)31-28(22)24/h3-16,18H,17H2,1-2H3. The summed E-state index contributed by atoms with van der Waals surface area (Å²) in [7, 11) is 0. The second-order valence-corrected chi connectivity index (χ2v) is 8.74. The molecule has 2 aromatic heterocycles. The van der Waals surface area contributed by atoms with Gasteiger partial charge in [-0.1, -0.05) is 74.5 Å². The molecule has 0 unspecified atom stereocenters. The van der Waals surface area contributed by atoms with E-state index >= 15 is 0 Å². The van der Waals surface area contributed by atoms with Crippen LogP contribution in [0, 0.1) is 5.92 Å². The molecular formula is C29H23NO2. The van der Waals surface area contributed by atoms with Crippen molar-refractivity contribution in [1.29, 1.82) is 0 Å². The van der Waals surface area contributed by atoms with E-state index < -0.39 is 0 Å². The number of benzene rings is 4. The number of nitrogens with zero attached hydrogens (tertiary/aromatic N) is 1. The third-order valence-corrected chi connectivity index (χ3v) is 5.97. The van der Waals surface area contributed by atoms with E-state index in [1.807, 2.05) is 24.3 Å². The van der Waals surface area contributed by atoms with E-state index in [1.165, 1.54) is 5.56 Å². The van der Waals surface area contributed by atoms with Crippen LogP contribution in [0.2, 0.25) is 0 Å². The first-order valence-corrected chi connectivity index (χ1v) is 11.1. The van der Waals surface area contributed by atoms with Gasteiger partial charge in [-0.15, -0.1) is 0 Å². The molecule has 2 heterocycles. The molecule has 0 aliphatic carbocycles. The number of fused-ring (bicyclic) bond motifs is 4. The summed E-state index contributed by atoms with van der Waals surface area (Å²) < 4.78 is 12.4. The van der Waals surface area contributed by atoms with Crippen molar-refractivity contribution in [2.75, 3.05) is 0 Å². The first kappa shape index (κ1) is 18.9. The Balaban J connectivity index is 1.41. The Kier molecular flexibility index (Phi) is 4.36. The smallest absolute Gasteiger partial charge is 0.227 e. The number of aromatic nitrogens is 1. The summed E-state index contributed by atoms with van der Waals surface area (Å²) in [5, 5.41) is 2.28. The maximum absolute atomic E-state index is 6.21. The van der Waals surface area contributed by atoms with Crippen LogP contribution < -0.4 is 0 Å². The third kappa shape index (κ3) is 3.09. The van der Waals surface area contributed by atoms with Gasteiger partial charge in [0, 0.05) is 21.9 Å². The predicted molar refractivity (Wildman–Crippen MR) is 131 cm³/mol. The van der Waals surface area contributed by atoms with E-state index in [-0.39, 0.29) is 0 Å². The summed E-state index contributed by atoms with van der Waals surface area (Å²) in [6.07, 6.45) is 0.979. The monoisotopic (exact) mass is 417 g/mol. The van der Waals surface area contributed by atoms with Crippen LogP contribution in [0.15, 0.2) is 93.8 Å². The molecule has 4 aromatic carbocycles. The van der Waals surface area contributed by atoms with Crippen molar-refractivity contribution >= 4 is 33.0 Å². The summed E-state index contributed by atoms with van der Waals surface area (Å²) in [4.78, 5) is 4.75. The average Bonchev–Trinajstić information content (AvgIpc) is 3.41. The Morgan fingerprint density at radius 2 is 1.44 bits per heavy atom. The fourth-order valence-corrected chi connectivity index (χ4v) is 4.50. The number of oxazole rings is 1. The summed E-state index contributed by atoms with van der Waals surface area (Å²) in [5.74, 6) is 1.22. The van der Waals surface area contributed by atoms with E-state index in [1.54, 1.807) is 0 Å². The van der Waals surface area contributed by atoms with Crippen LogP contribution in [0.25, 0.3) is 55.6 Å². The van der Waals surface area contributed by atoms with Gasteiger partial charge in [0.05, 0.1) is 0 Å². The Morgan fingerprint density at radius 1 is 0.688 bits per heavy atom. The highest BCUT2D eigenvalue weighted by molar-refractivity contribution is 6.09. The van der Waals surface area contributed by atoms with Gasteiger partial charge in [-0.3, -0.25) is 0 Å². The molecule has 0 N–H and O–H groups in total. The second-order valence-electron chi connectivity index (χ2n) is 8.74. The minimum atomic E-state index is 0.564. The summed E-state index contributed by atoms with van der Waals surface area (Å²) in [6, 6.07) is 29.1. The van der Waals surface area contributed by atoms with Gasteiger partial charge < -0.3 is 8.83 Å². The number of hydrogen-bond donors (Lipinski definition) is 0. The van der Waals surface area contributed by atoms with Crippen LogP contribution in [-0.2, 0) is 6.42 Å². The Morgan fingerprint density at radius 3 is 2.28 bits per heavy atom. The molecule has 0 atom stereocenters. The van der Waals surface area contributed by atoms with E-state index in [0.717, 1.165) is 56.1 Å². The van der Waals surface area contributed by atoms with E-state index in [2.05, 4.69) is 74.5 Å². The molecule has 6 aromatic rings. The van der Waals surface area contributed by atoms with Crippen molar-refractivity contribution in [3.05, 3.63) is 90.5 Å². The van der Waals surface area contributed by atoms with Crippen LogP contribution in [0.3, 0.4) is 0 Å². The van der Waals surface area contributed by atoms with Gasteiger partial charge in [0.15, 0.2) is 5.58 Å². The molecule has 0 aliphatic heterocycles. The van der Waals surface area contributed by atoms with E-state index in [0.29, 0.717) is 11.8 Å². The van der Waals surface area contributed by atoms with Gasteiger partial charge in [-0.05, 0) is 47.7 Å². The summed E-state index contributed by atoms with van der Waals surface area (Å²) in [5.41, 5.74) is 8.01. The van der Waals surface area contributed by atoms with E-state index in [4.69, 9.17) is 13.8 Å². The molecule has 0 aliphatic rings. The van der Waals surface area contributed by atoms with Crippen LogP contribution in [0.1, 0.15) is 19.4 Å². The molecule has 0 saturated carbocycles. The molecule has 0 radical (unpaired) electrons. The molecule has 0 spiro atoms. The minimum Gasteiger partial charge on any atom is -0.455 e. The van der Waals surface area contributed by atoms with Crippen molar-refractivity contribution < 1.29 is 8.83 Å². The lowest BCUT2D eigenvalue weighted by molar-refractivity contribution is 0.599. The first-order chi connectivity index (χ1) is 15.7. The lowest BCUT2D eigenvalue weighted by atomic mass is 10.0. The molecule has 6 rings (SSSR count). The minimum absolute atomic E-state index is 0.564. The quantitative estimate of drug-likeness (QED) is 0.290. The number of para-hydroxylation sites is 3. The predicted octanol–water partition coefficient (Wildman–Crippen LogP) is 8.26. The van der Waals surface area contributed by atoms with Crippen molar-refractivity contribution in [3.8, 4) is 22.6 Å². The summed E-state index contributed by atoms with van der Waals surface area (Å²) >= 11 is 0. The van der Waals surface area contributed by atoms with Gasteiger partial charge >= 0.3 is 0 Å². The maximum Gasteiger partial charge on any atom is 0.227 e. The van der Waals surface area contributed by atoms with Crippen molar-refractivity contribution in [3.63, 3.8) is 0 Å². The third-order valence-electron chi connectivity index (χ3n) is 5.97. The highest BCUT2D eigenvalue weighted by Crippen LogP contribution is 2.36. The zero-order valence-electron chi connectivity index (χ0n) is 18.1. The number of hydrogen-bond acceptors (Lipinski definition) is 3. The zero-order chi connectivity index (χ0) is 21.7. The van der Waals surface area contributed by atoms with Crippen LogP contribution in [0.5, 0.6) is 0 Å². The van der Waals surface area contributed by atoms with Crippen LogP contribution in [-0.4, -0.2) is 4.98 Å². The van der Waals surface area contributed by atoms with Gasteiger partial charge in [-0.25, -0.2) is 4.98 Å². The van der Waals surface area contributed by atoms with Crippen molar-refractivity contribution in [2.45, 2.75) is 20.3 Å². The van der Waals surface area contributed by atoms with Gasteiger partial charge in [0.1, 0.15) is 16.7 Å². The normalized spacial score (nSPS) is 11.8. The van der Waals surface area contributed by atoms with Crippen molar-refractivity contribution in [2.24, 2.45) is 5.92 Å². The van der Waals surface area contributed by atoms with Crippen LogP contribution >= 0.6 is 0 Å². The molecule has 156 valence electrons. The summed E-state index contributed by atoms with van der Waals surface area (Å²) in [6.45, 7) is 4.44. The molecule has 0 saturated heterocycles. The van der Waals surface area contributed by atoms with E-state index in [9.17, 15) is 0 Å². The topological polar surface area (TPSA) is 39.2 Å². The Labute approximate surface area is 186 Å². The Bertz CT molecular complexity index is 1570. The molecule has 0 amide bonds. The second kappa shape index (κ2) is 7.38. The van der Waals surface area contributed by atoms with Gasteiger partial charge in [0.2, 0.25) is 5.89 Å².